The van der Waals surface area contributed by atoms with Gasteiger partial charge in [-0.1, -0.05) is 92.3 Å². The summed E-state index contributed by atoms with van der Waals surface area (Å²) in [5.74, 6) is -1.59. The number of aromatic hydroxyl groups is 4. The number of aromatic nitrogens is 2. The summed E-state index contributed by atoms with van der Waals surface area (Å²) < 4.78 is 65.6. The lowest BCUT2D eigenvalue weighted by molar-refractivity contribution is -0.684. The minimum atomic E-state index is -4.41. The fourth-order valence-electron chi connectivity index (χ4n) is 3.22. The van der Waals surface area contributed by atoms with Gasteiger partial charge in [0, 0.05) is 0 Å². The second kappa shape index (κ2) is 15.7. The summed E-state index contributed by atoms with van der Waals surface area (Å²) in [6.45, 7) is 0. The van der Waals surface area contributed by atoms with E-state index in [0.717, 1.165) is 24.2 Å². The summed E-state index contributed by atoms with van der Waals surface area (Å²) >= 11 is 39.0. The Morgan fingerprint density at radius 1 is 0.587 bits per heavy atom. The number of phenols is 4. The summed E-state index contributed by atoms with van der Waals surface area (Å²) in [4.78, 5) is 1.02. The van der Waals surface area contributed by atoms with Gasteiger partial charge in [0.05, 0.1) is 35.4 Å². The zero-order chi connectivity index (χ0) is 35.6. The Balaban J connectivity index is 0.000000522. The van der Waals surface area contributed by atoms with E-state index in [1.807, 2.05) is 0 Å². The van der Waals surface area contributed by atoms with E-state index in [1.165, 1.54) is 22.7 Å². The minimum Gasteiger partial charge on any atom is -0.726 e. The molecule has 4 N–H and O–H groups in total. The van der Waals surface area contributed by atoms with E-state index in [2.05, 4.69) is 8.37 Å². The summed E-state index contributed by atoms with van der Waals surface area (Å²) in [5.41, 5.74) is 0.268. The van der Waals surface area contributed by atoms with Crippen molar-refractivity contribution in [3.05, 3.63) is 42.5 Å². The third-order valence-electron chi connectivity index (χ3n) is 5.31. The van der Waals surface area contributed by atoms with Crippen molar-refractivity contribution < 1.29 is 63.9 Å². The van der Waals surface area contributed by atoms with Crippen LogP contribution in [0, 0.1) is 0 Å². The highest BCUT2D eigenvalue weighted by Crippen LogP contribution is 2.54. The largest absolute Gasteiger partial charge is 0.726 e. The molecule has 2 aromatic carbocycles. The van der Waals surface area contributed by atoms with Crippen LogP contribution in [-0.4, -0.2) is 60.6 Å². The molecule has 0 atom stereocenters. The SMILES string of the molecule is COS(=O)(=O)[O-].COS(=O)(=O)[O-].C[n+]1cc(-c2c(O)c(Cl)c(Cl)c(O)c2Cl)sc1-c1sc(-c2c(O)c(Cl)c(Cl)c(O)c2Cl)c[n+]1C. The van der Waals surface area contributed by atoms with Crippen LogP contribution >= 0.6 is 92.3 Å². The lowest BCUT2D eigenvalue weighted by Crippen LogP contribution is -2.34. The number of hydrogen-bond acceptors (Lipinski definition) is 14. The zero-order valence-electron chi connectivity index (χ0n) is 23.0. The second-order valence-electron chi connectivity index (χ2n) is 8.20. The van der Waals surface area contributed by atoms with Crippen LogP contribution in [0.4, 0.5) is 0 Å². The molecule has 14 nitrogen and oxygen atoms in total. The molecule has 0 radical (unpaired) electrons. The Kier molecular flexibility index (Phi) is 13.9. The van der Waals surface area contributed by atoms with Crippen LogP contribution in [0.15, 0.2) is 12.4 Å². The van der Waals surface area contributed by atoms with E-state index >= 15 is 0 Å². The van der Waals surface area contributed by atoms with E-state index in [0.29, 0.717) is 9.75 Å². The summed E-state index contributed by atoms with van der Waals surface area (Å²) in [6.07, 6.45) is 3.42. The fourth-order valence-corrected chi connectivity index (χ4v) is 7.28. The molecule has 2 heterocycles. The van der Waals surface area contributed by atoms with Crippen molar-refractivity contribution >= 4 is 113 Å². The van der Waals surface area contributed by atoms with Crippen molar-refractivity contribution in [1.29, 1.82) is 0 Å². The van der Waals surface area contributed by atoms with Gasteiger partial charge in [-0.15, -0.1) is 0 Å². The van der Waals surface area contributed by atoms with Crippen LogP contribution in [0.5, 0.6) is 23.0 Å². The van der Waals surface area contributed by atoms with Gasteiger partial charge in [-0.3, -0.25) is 8.37 Å². The number of benzene rings is 2. The lowest BCUT2D eigenvalue weighted by atomic mass is 10.1. The monoisotopic (exact) mass is 840 g/mol. The molecule has 0 aliphatic heterocycles. The van der Waals surface area contributed by atoms with Crippen molar-refractivity contribution in [2.24, 2.45) is 14.1 Å². The molecule has 0 saturated carbocycles. The predicted octanol–water partition coefficient (Wildman–Crippen LogP) is 5.39. The fraction of sp³-hybridized carbons (Fsp3) is 0.182. The molecule has 0 amide bonds. The Morgan fingerprint density at radius 2 is 0.826 bits per heavy atom. The first-order valence-electron chi connectivity index (χ1n) is 11.2. The maximum Gasteiger partial charge on any atom is 0.346 e. The van der Waals surface area contributed by atoms with Gasteiger partial charge in [-0.25, -0.2) is 16.8 Å². The molecule has 46 heavy (non-hydrogen) atoms. The normalized spacial score (nSPS) is 11.5. The van der Waals surface area contributed by atoms with Gasteiger partial charge in [0.15, 0.2) is 23.9 Å². The van der Waals surface area contributed by atoms with E-state index in [4.69, 9.17) is 69.6 Å². The molecule has 0 spiro atoms. The van der Waals surface area contributed by atoms with E-state index in [1.54, 1.807) is 35.6 Å². The molecule has 0 aliphatic rings. The number of aryl methyl sites for hydroxylation is 2. The molecular formula is C22H18Cl6N2O12S4. The highest BCUT2D eigenvalue weighted by atomic mass is 35.5. The predicted molar refractivity (Wildman–Crippen MR) is 171 cm³/mol. The van der Waals surface area contributed by atoms with Gasteiger partial charge in [-0.2, -0.15) is 9.13 Å². The van der Waals surface area contributed by atoms with Gasteiger partial charge >= 0.3 is 10.0 Å². The lowest BCUT2D eigenvalue weighted by Gasteiger charge is -2.09. The van der Waals surface area contributed by atoms with E-state index in [9.17, 15) is 46.4 Å². The molecule has 4 rings (SSSR count). The first-order valence-corrected chi connectivity index (χ1v) is 17.7. The summed E-state index contributed by atoms with van der Waals surface area (Å²) in [6, 6.07) is 0. The number of halogens is 6. The zero-order valence-corrected chi connectivity index (χ0v) is 30.8. The Labute approximate surface area is 299 Å². The molecule has 0 fully saturated rings. The highest BCUT2D eigenvalue weighted by molar-refractivity contribution is 7.81. The molecule has 4 aromatic rings. The second-order valence-corrected chi connectivity index (χ2v) is 14.8. The first kappa shape index (κ1) is 40.6. The van der Waals surface area contributed by atoms with Gasteiger partial charge < -0.3 is 29.5 Å². The van der Waals surface area contributed by atoms with Crippen LogP contribution in [0.25, 0.3) is 30.9 Å². The molecule has 2 aromatic heterocycles. The van der Waals surface area contributed by atoms with Crippen LogP contribution in [0.2, 0.25) is 30.1 Å². The number of phenolic OH excluding ortho intramolecular Hbond substituents is 4. The number of nitrogens with zero attached hydrogens (tertiary/aromatic N) is 2. The average Bonchev–Trinajstić information content (AvgIpc) is 3.54. The maximum atomic E-state index is 10.5. The summed E-state index contributed by atoms with van der Waals surface area (Å²) in [5, 5.41) is 41.7. The van der Waals surface area contributed by atoms with Gasteiger partial charge in [0.2, 0.25) is 20.8 Å². The molecule has 0 bridgehead atoms. The van der Waals surface area contributed by atoms with Crippen LogP contribution < -0.4 is 9.13 Å². The first-order chi connectivity index (χ1) is 21.0. The molecule has 254 valence electrons. The maximum absolute atomic E-state index is 10.5. The molecule has 0 saturated heterocycles. The topological polar surface area (TPSA) is 222 Å². The standard InChI is InChI=1S/C20H10Cl6N2O4S2.2CH4O4S/c1-27-3-5(7-9(21)17(31)13(25)11(23)15(7)29)33-19(27)20-28(2)4-6(34-20)8-10(22)18(32)14(26)12(24)16(8)30;2*1-5-6(2,3)4/h3-4H,1-2H3,(H2,29,30,31,32);2*1H3,(H,2,3,4). The van der Waals surface area contributed by atoms with Crippen molar-refractivity contribution in [2.45, 2.75) is 0 Å². The van der Waals surface area contributed by atoms with Crippen LogP contribution in [0.1, 0.15) is 0 Å². The smallest absolute Gasteiger partial charge is 0.346 e. The Morgan fingerprint density at radius 3 is 1.07 bits per heavy atom. The molecule has 24 heteroatoms. The average molecular weight is 843 g/mol. The van der Waals surface area contributed by atoms with Crippen molar-refractivity contribution in [3.8, 4) is 53.9 Å². The number of rotatable bonds is 5. The summed E-state index contributed by atoms with van der Waals surface area (Å²) in [7, 11) is -3.64. The molecular weight excluding hydrogens is 825 g/mol. The van der Waals surface area contributed by atoms with Crippen molar-refractivity contribution in [2.75, 3.05) is 14.2 Å². The van der Waals surface area contributed by atoms with Gasteiger partial charge in [0.25, 0.3) is 0 Å². The van der Waals surface area contributed by atoms with Crippen molar-refractivity contribution in [3.63, 3.8) is 0 Å². The van der Waals surface area contributed by atoms with Gasteiger partial charge in [0.1, 0.15) is 55.4 Å². The third kappa shape index (κ3) is 9.29. The van der Waals surface area contributed by atoms with Crippen molar-refractivity contribution in [1.82, 2.24) is 0 Å². The number of thiazole rings is 2. The van der Waals surface area contributed by atoms with E-state index in [-0.39, 0.29) is 52.8 Å². The van der Waals surface area contributed by atoms with Crippen LogP contribution in [-0.2, 0) is 43.3 Å². The number of hydrogen-bond donors (Lipinski definition) is 4. The Hall–Kier alpha value is -1.62. The van der Waals surface area contributed by atoms with E-state index < -0.39 is 32.3 Å². The molecule has 0 unspecified atom stereocenters. The quantitative estimate of drug-likeness (QED) is 0.0654. The third-order valence-corrected chi connectivity index (χ3v) is 11.1. The Bertz CT molecular complexity index is 1820. The van der Waals surface area contributed by atoms with Crippen LogP contribution in [0.3, 0.4) is 0 Å². The minimum absolute atomic E-state index is 0.134. The highest BCUT2D eigenvalue weighted by Gasteiger charge is 2.33. The van der Waals surface area contributed by atoms with Gasteiger partial charge in [-0.05, 0) is 0 Å². The molecule has 0 aliphatic carbocycles.